The van der Waals surface area contributed by atoms with Gasteiger partial charge in [0.15, 0.2) is 6.10 Å². The maximum Gasteiger partial charge on any atom is 0.326 e. The van der Waals surface area contributed by atoms with Gasteiger partial charge in [-0.1, -0.05) is 26.0 Å². The molecule has 0 aliphatic rings. The number of aryl methyl sites for hydroxylation is 1. The fourth-order valence-corrected chi connectivity index (χ4v) is 1.73. The number of carboxylic acid groups (broad SMARTS) is 1. The fourth-order valence-electron chi connectivity index (χ4n) is 1.73. The Kier molecular flexibility index (Phi) is 5.55. The zero-order valence-corrected chi connectivity index (χ0v) is 12.2. The molecule has 0 aromatic heterocycles. The highest BCUT2D eigenvalue weighted by molar-refractivity contribution is 5.86. The SMILES string of the molecule is Cc1cccc(OC(C)C(=O)N[C@@H](C(=O)O)C(C)C)c1. The Hall–Kier alpha value is -2.04. The molecule has 1 unspecified atom stereocenters. The Morgan fingerprint density at radius 3 is 2.40 bits per heavy atom. The Bertz CT molecular complexity index is 485. The molecule has 1 rings (SSSR count). The van der Waals surface area contributed by atoms with Crippen molar-refractivity contribution in [3.05, 3.63) is 29.8 Å². The first-order chi connectivity index (χ1) is 9.31. The van der Waals surface area contributed by atoms with Crippen LogP contribution in [0.4, 0.5) is 0 Å². The number of amides is 1. The second-order valence-corrected chi connectivity index (χ2v) is 5.15. The molecular weight excluding hydrogens is 258 g/mol. The summed E-state index contributed by atoms with van der Waals surface area (Å²) < 4.78 is 5.51. The zero-order valence-electron chi connectivity index (χ0n) is 12.2. The Labute approximate surface area is 118 Å². The minimum absolute atomic E-state index is 0.192. The van der Waals surface area contributed by atoms with Gasteiger partial charge in [-0.05, 0) is 37.5 Å². The number of carbonyl (C=O) groups is 2. The highest BCUT2D eigenvalue weighted by atomic mass is 16.5. The summed E-state index contributed by atoms with van der Waals surface area (Å²) in [5, 5.41) is 11.5. The molecule has 1 amide bonds. The summed E-state index contributed by atoms with van der Waals surface area (Å²) in [4.78, 5) is 23.0. The monoisotopic (exact) mass is 279 g/mol. The van der Waals surface area contributed by atoms with E-state index in [2.05, 4.69) is 5.32 Å². The number of benzene rings is 1. The van der Waals surface area contributed by atoms with Gasteiger partial charge in [-0.25, -0.2) is 4.79 Å². The number of hydrogen-bond donors (Lipinski definition) is 2. The molecule has 0 aliphatic heterocycles. The highest BCUT2D eigenvalue weighted by Gasteiger charge is 2.26. The second-order valence-electron chi connectivity index (χ2n) is 5.15. The third kappa shape index (κ3) is 4.57. The van der Waals surface area contributed by atoms with Crippen molar-refractivity contribution in [2.24, 2.45) is 5.92 Å². The predicted octanol–water partition coefficient (Wildman–Crippen LogP) is 1.99. The number of aliphatic carboxylic acids is 1. The van der Waals surface area contributed by atoms with Crippen molar-refractivity contribution in [3.8, 4) is 5.75 Å². The average Bonchev–Trinajstić information content (AvgIpc) is 2.34. The van der Waals surface area contributed by atoms with Gasteiger partial charge >= 0.3 is 5.97 Å². The van der Waals surface area contributed by atoms with E-state index in [1.54, 1.807) is 26.8 Å². The van der Waals surface area contributed by atoms with Crippen LogP contribution in [0.15, 0.2) is 24.3 Å². The number of rotatable bonds is 6. The van der Waals surface area contributed by atoms with Crippen LogP contribution in [-0.4, -0.2) is 29.1 Å². The van der Waals surface area contributed by atoms with E-state index in [9.17, 15) is 9.59 Å². The molecule has 0 saturated carbocycles. The van der Waals surface area contributed by atoms with Gasteiger partial charge in [-0.3, -0.25) is 4.79 Å². The Balaban J connectivity index is 2.65. The lowest BCUT2D eigenvalue weighted by Gasteiger charge is -2.21. The van der Waals surface area contributed by atoms with E-state index in [-0.39, 0.29) is 5.92 Å². The van der Waals surface area contributed by atoms with E-state index in [1.165, 1.54) is 0 Å². The van der Waals surface area contributed by atoms with Gasteiger partial charge in [0, 0.05) is 0 Å². The number of ether oxygens (including phenoxy) is 1. The van der Waals surface area contributed by atoms with E-state index in [1.807, 2.05) is 25.1 Å². The zero-order chi connectivity index (χ0) is 15.3. The molecule has 5 heteroatoms. The first-order valence-corrected chi connectivity index (χ1v) is 6.57. The maximum absolute atomic E-state index is 12.0. The van der Waals surface area contributed by atoms with Crippen LogP contribution < -0.4 is 10.1 Å². The molecule has 5 nitrogen and oxygen atoms in total. The largest absolute Gasteiger partial charge is 0.481 e. The Morgan fingerprint density at radius 1 is 1.25 bits per heavy atom. The van der Waals surface area contributed by atoms with Crippen molar-refractivity contribution in [1.29, 1.82) is 0 Å². The van der Waals surface area contributed by atoms with Crippen molar-refractivity contribution in [1.82, 2.24) is 5.32 Å². The van der Waals surface area contributed by atoms with Crippen molar-refractivity contribution >= 4 is 11.9 Å². The molecule has 0 bridgehead atoms. The summed E-state index contributed by atoms with van der Waals surface area (Å²) in [5.74, 6) is -1.09. The summed E-state index contributed by atoms with van der Waals surface area (Å²) in [6.45, 7) is 7.00. The van der Waals surface area contributed by atoms with E-state index in [0.717, 1.165) is 5.56 Å². The molecule has 0 radical (unpaired) electrons. The van der Waals surface area contributed by atoms with Gasteiger partial charge < -0.3 is 15.2 Å². The number of carbonyl (C=O) groups excluding carboxylic acids is 1. The van der Waals surface area contributed by atoms with E-state index >= 15 is 0 Å². The summed E-state index contributed by atoms with van der Waals surface area (Å²) >= 11 is 0. The van der Waals surface area contributed by atoms with Crippen molar-refractivity contribution in [2.75, 3.05) is 0 Å². The number of carboxylic acids is 1. The minimum atomic E-state index is -1.05. The highest BCUT2D eigenvalue weighted by Crippen LogP contribution is 2.14. The lowest BCUT2D eigenvalue weighted by molar-refractivity contribution is -0.144. The predicted molar refractivity (Wildman–Crippen MR) is 75.7 cm³/mol. The van der Waals surface area contributed by atoms with Crippen LogP contribution in [0.1, 0.15) is 26.3 Å². The molecule has 20 heavy (non-hydrogen) atoms. The van der Waals surface area contributed by atoms with Crippen LogP contribution in [0.5, 0.6) is 5.75 Å². The molecule has 0 fully saturated rings. The minimum Gasteiger partial charge on any atom is -0.481 e. The topological polar surface area (TPSA) is 75.6 Å². The second kappa shape index (κ2) is 6.93. The average molecular weight is 279 g/mol. The number of nitrogens with one attached hydrogen (secondary N) is 1. The fraction of sp³-hybridized carbons (Fsp3) is 0.467. The maximum atomic E-state index is 12.0. The molecule has 0 heterocycles. The van der Waals surface area contributed by atoms with Crippen LogP contribution >= 0.6 is 0 Å². The van der Waals surface area contributed by atoms with Gasteiger partial charge in [-0.2, -0.15) is 0 Å². The van der Waals surface area contributed by atoms with Crippen molar-refractivity contribution in [2.45, 2.75) is 39.8 Å². The standard InChI is InChI=1S/C15H21NO4/c1-9(2)13(15(18)19)16-14(17)11(4)20-12-7-5-6-10(3)8-12/h5-9,11,13H,1-4H3,(H,16,17)(H,18,19)/t11?,13-/m1/s1. The smallest absolute Gasteiger partial charge is 0.326 e. The van der Waals surface area contributed by atoms with Crippen LogP contribution in [0.2, 0.25) is 0 Å². The van der Waals surface area contributed by atoms with Crippen LogP contribution in [0.25, 0.3) is 0 Å². The third-order valence-corrected chi connectivity index (χ3v) is 2.90. The van der Waals surface area contributed by atoms with E-state index in [0.29, 0.717) is 5.75 Å². The molecular formula is C15H21NO4. The van der Waals surface area contributed by atoms with Gasteiger partial charge in [-0.15, -0.1) is 0 Å². The van der Waals surface area contributed by atoms with Crippen LogP contribution in [0, 0.1) is 12.8 Å². The normalized spacial score (nSPS) is 13.7. The van der Waals surface area contributed by atoms with Gasteiger partial charge in [0.2, 0.25) is 0 Å². The van der Waals surface area contributed by atoms with Crippen molar-refractivity contribution < 1.29 is 19.4 Å². The molecule has 2 N–H and O–H groups in total. The van der Waals surface area contributed by atoms with Gasteiger partial charge in [0.1, 0.15) is 11.8 Å². The van der Waals surface area contributed by atoms with E-state index < -0.39 is 24.0 Å². The van der Waals surface area contributed by atoms with Gasteiger partial charge in [0.25, 0.3) is 5.91 Å². The summed E-state index contributed by atoms with van der Waals surface area (Å²) in [6.07, 6.45) is -0.752. The molecule has 0 saturated heterocycles. The summed E-state index contributed by atoms with van der Waals surface area (Å²) in [5.41, 5.74) is 1.03. The molecule has 0 spiro atoms. The van der Waals surface area contributed by atoms with Crippen LogP contribution in [-0.2, 0) is 9.59 Å². The molecule has 1 aromatic carbocycles. The third-order valence-electron chi connectivity index (χ3n) is 2.90. The Morgan fingerprint density at radius 2 is 1.90 bits per heavy atom. The van der Waals surface area contributed by atoms with Crippen molar-refractivity contribution in [3.63, 3.8) is 0 Å². The first kappa shape index (κ1) is 16.0. The molecule has 0 aliphatic carbocycles. The van der Waals surface area contributed by atoms with Gasteiger partial charge in [0.05, 0.1) is 0 Å². The number of hydrogen-bond acceptors (Lipinski definition) is 3. The summed E-state index contributed by atoms with van der Waals surface area (Å²) in [7, 11) is 0. The quantitative estimate of drug-likeness (QED) is 0.835. The summed E-state index contributed by atoms with van der Waals surface area (Å²) in [6, 6.07) is 6.43. The van der Waals surface area contributed by atoms with Crippen LogP contribution in [0.3, 0.4) is 0 Å². The lowest BCUT2D eigenvalue weighted by atomic mass is 10.0. The molecule has 2 atom stereocenters. The lowest BCUT2D eigenvalue weighted by Crippen LogP contribution is -2.48. The first-order valence-electron chi connectivity index (χ1n) is 6.57. The molecule has 1 aromatic rings. The van der Waals surface area contributed by atoms with E-state index in [4.69, 9.17) is 9.84 Å². The molecule has 110 valence electrons.